The molecule has 4 aliphatic rings. The zero-order valence-electron chi connectivity index (χ0n) is 18.1. The fourth-order valence-corrected chi connectivity index (χ4v) is 6.96. The Bertz CT molecular complexity index is 952. The summed E-state index contributed by atoms with van der Waals surface area (Å²) in [6, 6.07) is 0. The van der Waals surface area contributed by atoms with Crippen molar-refractivity contribution in [2.24, 2.45) is 22.7 Å². The molecule has 0 aromatic heterocycles. The molecule has 0 spiro atoms. The van der Waals surface area contributed by atoms with E-state index in [4.69, 9.17) is 4.74 Å². The van der Waals surface area contributed by atoms with Crippen LogP contribution in [0.3, 0.4) is 0 Å². The first kappa shape index (κ1) is 22.1. The molecule has 2 N–H and O–H groups in total. The number of alkyl halides is 1. The van der Waals surface area contributed by atoms with Crippen LogP contribution in [0.5, 0.6) is 0 Å². The lowest BCUT2D eigenvalue weighted by Gasteiger charge is -2.62. The third-order valence-electron chi connectivity index (χ3n) is 8.65. The Morgan fingerprint density at radius 1 is 1.32 bits per heavy atom. The molecular formula is C24H29FO6. The summed E-state index contributed by atoms with van der Waals surface area (Å²) in [4.78, 5) is 36.1. The van der Waals surface area contributed by atoms with Crippen molar-refractivity contribution in [3.8, 4) is 0 Å². The van der Waals surface area contributed by atoms with Crippen LogP contribution in [0.2, 0.25) is 0 Å². The van der Waals surface area contributed by atoms with Crippen molar-refractivity contribution in [3.63, 3.8) is 0 Å². The van der Waals surface area contributed by atoms with Gasteiger partial charge >= 0.3 is 5.97 Å². The summed E-state index contributed by atoms with van der Waals surface area (Å²) in [6.07, 6.45) is 3.86. The number of hydrogen-bond acceptors (Lipinski definition) is 6. The minimum atomic E-state index is -2.05. The van der Waals surface area contributed by atoms with Crippen molar-refractivity contribution in [1.29, 1.82) is 0 Å². The average molecular weight is 432 g/mol. The van der Waals surface area contributed by atoms with Gasteiger partial charge in [-0.2, -0.15) is 0 Å². The van der Waals surface area contributed by atoms with Crippen molar-refractivity contribution < 1.29 is 33.7 Å². The van der Waals surface area contributed by atoms with Crippen LogP contribution in [0.4, 0.5) is 4.39 Å². The van der Waals surface area contributed by atoms with Crippen molar-refractivity contribution in [2.45, 2.75) is 63.8 Å². The van der Waals surface area contributed by atoms with Gasteiger partial charge in [-0.15, -0.1) is 0 Å². The van der Waals surface area contributed by atoms with Crippen LogP contribution in [0.25, 0.3) is 0 Å². The minimum absolute atomic E-state index is 0.156. The predicted octanol–water partition coefficient (Wildman–Crippen LogP) is 2.39. The fourth-order valence-electron chi connectivity index (χ4n) is 6.96. The summed E-state index contributed by atoms with van der Waals surface area (Å²) >= 11 is 0. The maximum Gasteiger partial charge on any atom is 0.303 e. The summed E-state index contributed by atoms with van der Waals surface area (Å²) in [5.74, 6) is -2.63. The first-order valence-electron chi connectivity index (χ1n) is 10.7. The van der Waals surface area contributed by atoms with E-state index >= 15 is 4.39 Å². The number of ketones is 2. The highest BCUT2D eigenvalue weighted by Crippen LogP contribution is 2.70. The molecule has 0 aromatic carbocycles. The Hall–Kier alpha value is -2.12. The van der Waals surface area contributed by atoms with Crippen LogP contribution in [0.15, 0.2) is 36.0 Å². The molecule has 168 valence electrons. The normalized spacial score (nSPS) is 46.0. The van der Waals surface area contributed by atoms with Crippen LogP contribution in [-0.4, -0.2) is 51.7 Å². The molecule has 0 aromatic rings. The first-order chi connectivity index (χ1) is 14.3. The van der Waals surface area contributed by atoms with E-state index in [9.17, 15) is 24.6 Å². The van der Waals surface area contributed by atoms with Gasteiger partial charge in [-0.3, -0.25) is 14.4 Å². The quantitative estimate of drug-likeness (QED) is 0.525. The lowest BCUT2D eigenvalue weighted by atomic mass is 9.44. The van der Waals surface area contributed by atoms with Gasteiger partial charge in [0.05, 0.1) is 6.10 Å². The Morgan fingerprint density at radius 3 is 2.65 bits per heavy atom. The molecule has 7 atom stereocenters. The van der Waals surface area contributed by atoms with Crippen molar-refractivity contribution >= 4 is 17.5 Å². The van der Waals surface area contributed by atoms with Gasteiger partial charge in [0.25, 0.3) is 0 Å². The zero-order chi connectivity index (χ0) is 23.0. The summed E-state index contributed by atoms with van der Waals surface area (Å²) in [7, 11) is 0. The third kappa shape index (κ3) is 2.59. The standard InChI is InChI=1S/C24H29FO6/c1-13-9-18-17-6-5-15-10-16(27)7-8-21(15,3)23(17,25)19(28)11-22(18,4)24(13,30)20(29)12-31-14(2)26/h7-8,10,17-19,28,30H,1,5-6,9,11-12H2,2-4H3/t17-,18-,19-,21+,22+,23-,24-/m1/s1. The van der Waals surface area contributed by atoms with Crippen molar-refractivity contribution in [2.75, 3.05) is 6.61 Å². The number of aliphatic hydroxyl groups excluding tert-OH is 1. The molecule has 0 aliphatic heterocycles. The number of hydrogen-bond donors (Lipinski definition) is 2. The maximum absolute atomic E-state index is 17.0. The van der Waals surface area contributed by atoms with Crippen LogP contribution in [0, 0.1) is 22.7 Å². The Labute approximate surface area is 180 Å². The molecule has 0 amide bonds. The van der Waals surface area contributed by atoms with Gasteiger partial charge in [-0.1, -0.05) is 25.2 Å². The second-order valence-electron chi connectivity index (χ2n) is 9.99. The van der Waals surface area contributed by atoms with Crippen LogP contribution >= 0.6 is 0 Å². The number of esters is 1. The summed E-state index contributed by atoms with van der Waals surface area (Å²) in [5, 5.41) is 22.8. The van der Waals surface area contributed by atoms with Crippen molar-refractivity contribution in [3.05, 3.63) is 36.0 Å². The molecule has 31 heavy (non-hydrogen) atoms. The average Bonchev–Trinajstić information content (AvgIpc) is 2.89. The van der Waals surface area contributed by atoms with Gasteiger partial charge in [-0.25, -0.2) is 4.39 Å². The number of ether oxygens (including phenoxy) is 1. The molecule has 3 fully saturated rings. The van der Waals surface area contributed by atoms with Gasteiger partial charge in [0.15, 0.2) is 23.7 Å². The Balaban J connectivity index is 1.77. The topological polar surface area (TPSA) is 101 Å². The molecule has 7 heteroatoms. The van der Waals surface area contributed by atoms with Crippen LogP contribution in [0.1, 0.15) is 46.5 Å². The number of fused-ring (bicyclic) bond motifs is 5. The van der Waals surface area contributed by atoms with E-state index in [-0.39, 0.29) is 24.2 Å². The van der Waals surface area contributed by atoms with Gasteiger partial charge in [0.2, 0.25) is 5.78 Å². The molecular weight excluding hydrogens is 403 g/mol. The minimum Gasteiger partial charge on any atom is -0.458 e. The summed E-state index contributed by atoms with van der Waals surface area (Å²) in [6.45, 7) is 7.90. The van der Waals surface area contributed by atoms with E-state index in [1.165, 1.54) is 19.1 Å². The fraction of sp³-hybridized carbons (Fsp3) is 0.625. The summed E-state index contributed by atoms with van der Waals surface area (Å²) < 4.78 is 21.8. The number of carbonyl (C=O) groups excluding carboxylic acids is 3. The Kier molecular flexibility index (Phi) is 4.77. The number of aliphatic hydroxyl groups is 2. The molecule has 3 saturated carbocycles. The lowest BCUT2D eigenvalue weighted by Crippen LogP contribution is -2.69. The molecule has 4 rings (SSSR count). The van der Waals surface area contributed by atoms with Gasteiger partial charge in [0, 0.05) is 23.7 Å². The number of halogens is 1. The monoisotopic (exact) mass is 432 g/mol. The van der Waals surface area contributed by atoms with E-state index in [0.717, 1.165) is 0 Å². The first-order valence-corrected chi connectivity index (χ1v) is 10.7. The van der Waals surface area contributed by atoms with Gasteiger partial charge < -0.3 is 14.9 Å². The lowest BCUT2D eigenvalue weighted by molar-refractivity contribution is -0.215. The molecule has 0 bridgehead atoms. The second kappa shape index (κ2) is 6.69. The van der Waals surface area contributed by atoms with Crippen molar-refractivity contribution in [1.82, 2.24) is 0 Å². The van der Waals surface area contributed by atoms with Crippen LogP contribution < -0.4 is 0 Å². The highest BCUT2D eigenvalue weighted by atomic mass is 19.1. The Morgan fingerprint density at radius 2 is 2.00 bits per heavy atom. The summed E-state index contributed by atoms with van der Waals surface area (Å²) in [5.41, 5.74) is -5.46. The number of allylic oxidation sites excluding steroid dienone is 4. The molecule has 0 heterocycles. The predicted molar refractivity (Wildman–Crippen MR) is 109 cm³/mol. The van der Waals surface area contributed by atoms with E-state index in [1.54, 1.807) is 19.9 Å². The maximum atomic E-state index is 17.0. The molecule has 0 unspecified atom stereocenters. The zero-order valence-corrected chi connectivity index (χ0v) is 18.1. The third-order valence-corrected chi connectivity index (χ3v) is 8.65. The molecule has 0 radical (unpaired) electrons. The molecule has 0 saturated heterocycles. The number of rotatable bonds is 3. The highest BCUT2D eigenvalue weighted by Gasteiger charge is 2.75. The van der Waals surface area contributed by atoms with Gasteiger partial charge in [0.1, 0.15) is 0 Å². The largest absolute Gasteiger partial charge is 0.458 e. The molecule has 6 nitrogen and oxygen atoms in total. The van der Waals surface area contributed by atoms with E-state index in [0.29, 0.717) is 18.4 Å². The van der Waals surface area contributed by atoms with E-state index in [1.807, 2.05) is 0 Å². The second-order valence-corrected chi connectivity index (χ2v) is 9.99. The van der Waals surface area contributed by atoms with Gasteiger partial charge in [-0.05, 0) is 56.3 Å². The van der Waals surface area contributed by atoms with E-state index < -0.39 is 58.4 Å². The molecule has 4 aliphatic carbocycles. The number of carbonyl (C=O) groups is 3. The highest BCUT2D eigenvalue weighted by molar-refractivity contribution is 6.01. The van der Waals surface area contributed by atoms with Crippen LogP contribution in [-0.2, 0) is 19.1 Å². The smallest absolute Gasteiger partial charge is 0.303 e. The SMILES string of the molecule is C=C1C[C@@H]2[C@H]3CCC4=CC(=O)C=C[C@]4(C)[C@]3(F)[C@H](O)C[C@]2(C)[C@]1(O)C(=O)COC(C)=O. The van der Waals surface area contributed by atoms with E-state index in [2.05, 4.69) is 6.58 Å². The number of Topliss-reactive ketones (excluding diaryl/α,β-unsaturated/α-hetero) is 1.